The fraction of sp³-hybridized carbons (Fsp3) is 0.538. The molecular formula is C13H20N4OS2. The van der Waals surface area contributed by atoms with E-state index in [1.165, 1.54) is 0 Å². The molecule has 0 aliphatic heterocycles. The Kier molecular flexibility index (Phi) is 5.31. The first-order chi connectivity index (χ1) is 9.60. The monoisotopic (exact) mass is 312 g/mol. The van der Waals surface area contributed by atoms with Crippen molar-refractivity contribution in [2.45, 2.75) is 26.3 Å². The molecule has 0 saturated carbocycles. The number of nitrogens with zero attached hydrogens (tertiary/aromatic N) is 2. The van der Waals surface area contributed by atoms with Gasteiger partial charge in [-0.15, -0.1) is 11.3 Å². The number of thiophene rings is 1. The van der Waals surface area contributed by atoms with E-state index in [0.717, 1.165) is 29.0 Å². The van der Waals surface area contributed by atoms with Gasteiger partial charge in [0.25, 0.3) is 0 Å². The predicted molar refractivity (Wildman–Crippen MR) is 88.2 cm³/mol. The molecule has 0 spiro atoms. The number of hydrogen-bond acceptors (Lipinski definition) is 6. The zero-order chi connectivity index (χ0) is 14.5. The van der Waals surface area contributed by atoms with E-state index in [1.54, 1.807) is 17.6 Å². The van der Waals surface area contributed by atoms with Gasteiger partial charge in [-0.2, -0.15) is 4.98 Å². The predicted octanol–water partition coefficient (Wildman–Crippen LogP) is 2.69. The number of rotatable bonds is 7. The van der Waals surface area contributed by atoms with Crippen LogP contribution >= 0.6 is 11.3 Å². The van der Waals surface area contributed by atoms with Crippen LogP contribution in [0.1, 0.15) is 20.3 Å². The standard InChI is InChI=1S/C13H20N4OS2/c1-4-6-14-13-16-11(15-9(2)8-20(3)18)10-5-7-19-12(10)17-13/h5,7,9H,4,6,8H2,1-3H3,(H2,14,15,16,17). The van der Waals surface area contributed by atoms with Crippen LogP contribution in [0.3, 0.4) is 0 Å². The van der Waals surface area contributed by atoms with Crippen LogP contribution < -0.4 is 10.6 Å². The zero-order valence-corrected chi connectivity index (χ0v) is 13.6. The lowest BCUT2D eigenvalue weighted by atomic mass is 10.3. The summed E-state index contributed by atoms with van der Waals surface area (Å²) in [6, 6.07) is 2.12. The summed E-state index contributed by atoms with van der Waals surface area (Å²) in [5.41, 5.74) is 0. The van der Waals surface area contributed by atoms with Gasteiger partial charge in [0, 0.05) is 35.4 Å². The number of nitrogens with one attached hydrogen (secondary N) is 2. The first kappa shape index (κ1) is 15.2. The van der Waals surface area contributed by atoms with Crippen LogP contribution in [-0.4, -0.2) is 38.8 Å². The van der Waals surface area contributed by atoms with Crippen LogP contribution in [0.25, 0.3) is 10.2 Å². The molecule has 2 unspecified atom stereocenters. The number of fused-ring (bicyclic) bond motifs is 1. The summed E-state index contributed by atoms with van der Waals surface area (Å²) in [5, 5.41) is 9.59. The Morgan fingerprint density at radius 2 is 2.25 bits per heavy atom. The molecule has 0 fully saturated rings. The van der Waals surface area contributed by atoms with E-state index in [2.05, 4.69) is 27.5 Å². The van der Waals surface area contributed by atoms with Crippen LogP contribution in [0.15, 0.2) is 11.4 Å². The molecule has 7 heteroatoms. The van der Waals surface area contributed by atoms with Gasteiger partial charge in [-0.25, -0.2) is 4.98 Å². The Labute approximate surface area is 125 Å². The molecule has 2 heterocycles. The number of hydrogen-bond donors (Lipinski definition) is 2. The van der Waals surface area contributed by atoms with Gasteiger partial charge in [0.15, 0.2) is 0 Å². The van der Waals surface area contributed by atoms with Gasteiger partial charge in [0.05, 0.1) is 5.39 Å². The minimum absolute atomic E-state index is 0.109. The smallest absolute Gasteiger partial charge is 0.226 e. The van der Waals surface area contributed by atoms with Gasteiger partial charge < -0.3 is 10.6 Å². The second-order valence-electron chi connectivity index (χ2n) is 4.75. The fourth-order valence-electron chi connectivity index (χ4n) is 1.91. The summed E-state index contributed by atoms with van der Waals surface area (Å²) < 4.78 is 11.3. The van der Waals surface area contributed by atoms with Crippen molar-refractivity contribution in [3.8, 4) is 0 Å². The van der Waals surface area contributed by atoms with E-state index >= 15 is 0 Å². The summed E-state index contributed by atoms with van der Waals surface area (Å²) in [6.45, 7) is 4.97. The Balaban J connectivity index is 2.25. The van der Waals surface area contributed by atoms with Crippen molar-refractivity contribution in [1.29, 1.82) is 0 Å². The summed E-state index contributed by atoms with van der Waals surface area (Å²) in [4.78, 5) is 9.99. The van der Waals surface area contributed by atoms with Crippen molar-refractivity contribution in [3.63, 3.8) is 0 Å². The molecule has 0 aliphatic carbocycles. The van der Waals surface area contributed by atoms with E-state index in [0.29, 0.717) is 11.7 Å². The first-order valence-corrected chi connectivity index (χ1v) is 9.26. The normalized spacial score (nSPS) is 14.2. The Morgan fingerprint density at radius 3 is 2.95 bits per heavy atom. The Morgan fingerprint density at radius 1 is 1.45 bits per heavy atom. The molecule has 0 aromatic carbocycles. The molecule has 2 rings (SSSR count). The molecule has 20 heavy (non-hydrogen) atoms. The number of anilines is 2. The summed E-state index contributed by atoms with van der Waals surface area (Å²) in [7, 11) is -0.823. The molecule has 2 aromatic rings. The Hall–Kier alpha value is -1.21. The highest BCUT2D eigenvalue weighted by Gasteiger charge is 2.12. The van der Waals surface area contributed by atoms with Crippen molar-refractivity contribution < 1.29 is 4.21 Å². The van der Waals surface area contributed by atoms with Gasteiger partial charge in [-0.05, 0) is 24.8 Å². The topological polar surface area (TPSA) is 66.9 Å². The molecule has 2 N–H and O–H groups in total. The average Bonchev–Trinajstić information content (AvgIpc) is 2.83. The second kappa shape index (κ2) is 6.99. The average molecular weight is 312 g/mol. The van der Waals surface area contributed by atoms with Crippen molar-refractivity contribution in [2.75, 3.05) is 29.2 Å². The highest BCUT2D eigenvalue weighted by Crippen LogP contribution is 2.26. The molecule has 0 radical (unpaired) electrons. The quantitative estimate of drug-likeness (QED) is 0.823. The molecule has 110 valence electrons. The summed E-state index contributed by atoms with van der Waals surface area (Å²) in [6.07, 6.45) is 2.74. The third kappa shape index (κ3) is 3.89. The molecule has 5 nitrogen and oxygen atoms in total. The molecule has 2 aromatic heterocycles. The van der Waals surface area contributed by atoms with Gasteiger partial charge in [-0.3, -0.25) is 4.21 Å². The Bertz CT molecular complexity index is 599. The van der Waals surface area contributed by atoms with Crippen LogP contribution in [0.2, 0.25) is 0 Å². The molecular weight excluding hydrogens is 292 g/mol. The lowest BCUT2D eigenvalue weighted by Gasteiger charge is -2.15. The second-order valence-corrected chi connectivity index (χ2v) is 7.12. The van der Waals surface area contributed by atoms with Gasteiger partial charge >= 0.3 is 0 Å². The minimum Gasteiger partial charge on any atom is -0.366 e. The number of aromatic nitrogens is 2. The lowest BCUT2D eigenvalue weighted by Crippen LogP contribution is -2.23. The minimum atomic E-state index is -0.823. The summed E-state index contributed by atoms with van der Waals surface area (Å²) in [5.74, 6) is 2.06. The van der Waals surface area contributed by atoms with Crippen molar-refractivity contribution in [1.82, 2.24) is 9.97 Å². The molecule has 2 atom stereocenters. The van der Waals surface area contributed by atoms with Crippen LogP contribution in [0.5, 0.6) is 0 Å². The third-order valence-corrected chi connectivity index (χ3v) is 4.50. The largest absolute Gasteiger partial charge is 0.366 e. The lowest BCUT2D eigenvalue weighted by molar-refractivity contribution is 0.683. The molecule has 0 amide bonds. The highest BCUT2D eigenvalue weighted by atomic mass is 32.2. The van der Waals surface area contributed by atoms with Crippen LogP contribution in [0.4, 0.5) is 11.8 Å². The highest BCUT2D eigenvalue weighted by molar-refractivity contribution is 7.84. The van der Waals surface area contributed by atoms with Crippen molar-refractivity contribution in [2.24, 2.45) is 0 Å². The molecule has 0 bridgehead atoms. The van der Waals surface area contributed by atoms with E-state index in [9.17, 15) is 4.21 Å². The van der Waals surface area contributed by atoms with E-state index in [1.807, 2.05) is 18.4 Å². The van der Waals surface area contributed by atoms with E-state index < -0.39 is 10.8 Å². The van der Waals surface area contributed by atoms with Crippen molar-refractivity contribution >= 4 is 44.1 Å². The summed E-state index contributed by atoms with van der Waals surface area (Å²) >= 11 is 1.60. The molecule has 0 saturated heterocycles. The van der Waals surface area contributed by atoms with E-state index in [-0.39, 0.29) is 6.04 Å². The zero-order valence-electron chi connectivity index (χ0n) is 12.0. The van der Waals surface area contributed by atoms with Gasteiger partial charge in [0.1, 0.15) is 10.6 Å². The van der Waals surface area contributed by atoms with E-state index in [4.69, 9.17) is 0 Å². The third-order valence-electron chi connectivity index (χ3n) is 2.73. The van der Waals surface area contributed by atoms with Crippen LogP contribution in [-0.2, 0) is 10.8 Å². The van der Waals surface area contributed by atoms with Gasteiger partial charge in [-0.1, -0.05) is 6.92 Å². The first-order valence-electron chi connectivity index (χ1n) is 6.65. The molecule has 0 aliphatic rings. The van der Waals surface area contributed by atoms with Crippen molar-refractivity contribution in [3.05, 3.63) is 11.4 Å². The maximum absolute atomic E-state index is 11.3. The van der Waals surface area contributed by atoms with Gasteiger partial charge in [0.2, 0.25) is 5.95 Å². The van der Waals surface area contributed by atoms with Crippen LogP contribution in [0, 0.1) is 0 Å². The maximum atomic E-state index is 11.3. The SMILES string of the molecule is CCCNc1nc(NC(C)CS(C)=O)c2ccsc2n1. The fourth-order valence-corrected chi connectivity index (χ4v) is 3.46. The maximum Gasteiger partial charge on any atom is 0.226 e.